The minimum atomic E-state index is -0.262. The summed E-state index contributed by atoms with van der Waals surface area (Å²) in [6, 6.07) is 12.8. The van der Waals surface area contributed by atoms with E-state index >= 15 is 0 Å². The predicted octanol–water partition coefficient (Wildman–Crippen LogP) is 4.00. The van der Waals surface area contributed by atoms with E-state index in [1.807, 2.05) is 37.3 Å². The van der Waals surface area contributed by atoms with Crippen LogP contribution in [-0.4, -0.2) is 18.9 Å². The van der Waals surface area contributed by atoms with Crippen molar-refractivity contribution in [2.24, 2.45) is 0 Å². The first-order valence-corrected chi connectivity index (χ1v) is 8.06. The van der Waals surface area contributed by atoms with Crippen LogP contribution in [-0.2, 0) is 9.59 Å². The number of ether oxygens (including phenoxy) is 1. The number of anilines is 2. The Balaban J connectivity index is 2.08. The standard InChI is InChI=1S/C20H22N2O3/c1-4-19(23)22-17-13-16(11-9-14(17)2)21-20(24)12-10-15-7-5-6-8-18(15)25-3/h5-13H,4H2,1-3H3,(H,21,24)(H,22,23)/b12-10+. The Morgan fingerprint density at radius 1 is 1.12 bits per heavy atom. The summed E-state index contributed by atoms with van der Waals surface area (Å²) >= 11 is 0. The number of rotatable bonds is 6. The third-order valence-electron chi connectivity index (χ3n) is 3.65. The van der Waals surface area contributed by atoms with E-state index < -0.39 is 0 Å². The lowest BCUT2D eigenvalue weighted by molar-refractivity contribution is -0.116. The second-order valence-corrected chi connectivity index (χ2v) is 5.50. The van der Waals surface area contributed by atoms with Gasteiger partial charge >= 0.3 is 0 Å². The number of methoxy groups -OCH3 is 1. The normalized spacial score (nSPS) is 10.5. The predicted molar refractivity (Wildman–Crippen MR) is 101 cm³/mol. The number of carbonyl (C=O) groups is 2. The molecular weight excluding hydrogens is 316 g/mol. The Labute approximate surface area is 147 Å². The fraction of sp³-hybridized carbons (Fsp3) is 0.200. The van der Waals surface area contributed by atoms with Crippen molar-refractivity contribution in [3.8, 4) is 5.75 Å². The highest BCUT2D eigenvalue weighted by Crippen LogP contribution is 2.21. The molecule has 5 nitrogen and oxygen atoms in total. The first-order valence-electron chi connectivity index (χ1n) is 8.06. The Hall–Kier alpha value is -3.08. The minimum absolute atomic E-state index is 0.0670. The van der Waals surface area contributed by atoms with Crippen LogP contribution in [0.4, 0.5) is 11.4 Å². The van der Waals surface area contributed by atoms with Crippen molar-refractivity contribution in [1.82, 2.24) is 0 Å². The number of hydrogen-bond acceptors (Lipinski definition) is 3. The molecule has 0 radical (unpaired) electrons. The van der Waals surface area contributed by atoms with E-state index in [-0.39, 0.29) is 11.8 Å². The number of amides is 2. The summed E-state index contributed by atoms with van der Waals surface area (Å²) in [7, 11) is 1.59. The van der Waals surface area contributed by atoms with E-state index in [1.165, 1.54) is 6.08 Å². The van der Waals surface area contributed by atoms with Crippen molar-refractivity contribution in [1.29, 1.82) is 0 Å². The van der Waals surface area contributed by atoms with Gasteiger partial charge in [-0.3, -0.25) is 9.59 Å². The van der Waals surface area contributed by atoms with Crippen LogP contribution in [0.5, 0.6) is 5.75 Å². The van der Waals surface area contributed by atoms with Gasteiger partial charge in [0.05, 0.1) is 7.11 Å². The molecule has 0 spiro atoms. The van der Waals surface area contributed by atoms with Crippen LogP contribution in [0.2, 0.25) is 0 Å². The average Bonchev–Trinajstić information content (AvgIpc) is 2.62. The lowest BCUT2D eigenvalue weighted by atomic mass is 10.1. The molecule has 2 aromatic rings. The Morgan fingerprint density at radius 3 is 2.60 bits per heavy atom. The summed E-state index contributed by atoms with van der Waals surface area (Å²) in [6.07, 6.45) is 3.54. The summed E-state index contributed by atoms with van der Waals surface area (Å²) in [5, 5.41) is 5.61. The van der Waals surface area contributed by atoms with E-state index in [0.29, 0.717) is 23.5 Å². The van der Waals surface area contributed by atoms with Crippen LogP contribution in [0.25, 0.3) is 6.08 Å². The summed E-state index contributed by atoms with van der Waals surface area (Å²) in [5.41, 5.74) is 3.06. The molecule has 0 saturated carbocycles. The first-order chi connectivity index (χ1) is 12.0. The van der Waals surface area contributed by atoms with Crippen molar-refractivity contribution >= 4 is 29.3 Å². The molecule has 0 heterocycles. The van der Waals surface area contributed by atoms with Gasteiger partial charge in [0.2, 0.25) is 11.8 Å². The molecule has 0 saturated heterocycles. The number of para-hydroxylation sites is 1. The first kappa shape index (κ1) is 18.3. The largest absolute Gasteiger partial charge is 0.496 e. The molecule has 2 aromatic carbocycles. The SMILES string of the molecule is CCC(=O)Nc1cc(NC(=O)/C=C/c2ccccc2OC)ccc1C. The van der Waals surface area contributed by atoms with Gasteiger partial charge in [0.1, 0.15) is 5.75 Å². The number of carbonyl (C=O) groups excluding carboxylic acids is 2. The van der Waals surface area contributed by atoms with Gasteiger partial charge in [0, 0.05) is 29.4 Å². The van der Waals surface area contributed by atoms with Crippen LogP contribution in [0.1, 0.15) is 24.5 Å². The molecule has 0 unspecified atom stereocenters. The minimum Gasteiger partial charge on any atom is -0.496 e. The van der Waals surface area contributed by atoms with Crippen LogP contribution >= 0.6 is 0 Å². The highest BCUT2D eigenvalue weighted by atomic mass is 16.5. The van der Waals surface area contributed by atoms with Gasteiger partial charge < -0.3 is 15.4 Å². The molecule has 0 fully saturated rings. The molecule has 0 bridgehead atoms. The van der Waals surface area contributed by atoms with Crippen molar-refractivity contribution in [2.45, 2.75) is 20.3 Å². The van der Waals surface area contributed by atoms with E-state index in [4.69, 9.17) is 4.74 Å². The van der Waals surface area contributed by atoms with Crippen LogP contribution in [0.3, 0.4) is 0 Å². The summed E-state index contributed by atoms with van der Waals surface area (Å²) in [5.74, 6) is 0.372. The van der Waals surface area contributed by atoms with E-state index in [2.05, 4.69) is 10.6 Å². The molecule has 130 valence electrons. The Kier molecular flexibility index (Phi) is 6.34. The molecule has 0 aliphatic carbocycles. The maximum atomic E-state index is 12.1. The number of aryl methyl sites for hydroxylation is 1. The van der Waals surface area contributed by atoms with Gasteiger partial charge in [0.25, 0.3) is 0 Å². The zero-order valence-corrected chi connectivity index (χ0v) is 14.6. The zero-order valence-electron chi connectivity index (χ0n) is 14.6. The van der Waals surface area contributed by atoms with Gasteiger partial charge in [-0.1, -0.05) is 31.2 Å². The van der Waals surface area contributed by atoms with Gasteiger partial charge in [0.15, 0.2) is 0 Å². The maximum absolute atomic E-state index is 12.1. The van der Waals surface area contributed by atoms with Crippen LogP contribution < -0.4 is 15.4 Å². The molecule has 0 aromatic heterocycles. The molecular formula is C20H22N2O3. The van der Waals surface area contributed by atoms with Crippen molar-refractivity contribution in [2.75, 3.05) is 17.7 Å². The molecule has 25 heavy (non-hydrogen) atoms. The van der Waals surface area contributed by atoms with Crippen LogP contribution in [0.15, 0.2) is 48.5 Å². The highest BCUT2D eigenvalue weighted by Gasteiger charge is 2.06. The van der Waals surface area contributed by atoms with E-state index in [1.54, 1.807) is 32.2 Å². The number of hydrogen-bond donors (Lipinski definition) is 2. The highest BCUT2D eigenvalue weighted by molar-refractivity contribution is 6.02. The van der Waals surface area contributed by atoms with Crippen LogP contribution in [0, 0.1) is 6.92 Å². The third kappa shape index (κ3) is 5.21. The molecule has 5 heteroatoms. The van der Waals surface area contributed by atoms with E-state index in [9.17, 15) is 9.59 Å². The Morgan fingerprint density at radius 2 is 1.88 bits per heavy atom. The maximum Gasteiger partial charge on any atom is 0.248 e. The van der Waals surface area contributed by atoms with Gasteiger partial charge in [-0.05, 0) is 36.8 Å². The fourth-order valence-corrected chi connectivity index (χ4v) is 2.23. The lowest BCUT2D eigenvalue weighted by Gasteiger charge is -2.10. The van der Waals surface area contributed by atoms with Gasteiger partial charge in [-0.2, -0.15) is 0 Å². The summed E-state index contributed by atoms with van der Waals surface area (Å²) in [4.78, 5) is 23.7. The molecule has 0 aliphatic heterocycles. The van der Waals surface area contributed by atoms with Crippen molar-refractivity contribution in [3.63, 3.8) is 0 Å². The smallest absolute Gasteiger partial charge is 0.248 e. The molecule has 0 atom stereocenters. The fourth-order valence-electron chi connectivity index (χ4n) is 2.23. The van der Waals surface area contributed by atoms with E-state index in [0.717, 1.165) is 11.1 Å². The summed E-state index contributed by atoms with van der Waals surface area (Å²) in [6.45, 7) is 3.69. The second-order valence-electron chi connectivity index (χ2n) is 5.50. The molecule has 2 amide bonds. The van der Waals surface area contributed by atoms with Crippen molar-refractivity contribution in [3.05, 3.63) is 59.7 Å². The number of benzene rings is 2. The summed E-state index contributed by atoms with van der Waals surface area (Å²) < 4.78 is 5.25. The quantitative estimate of drug-likeness (QED) is 0.782. The second kappa shape index (κ2) is 8.68. The average molecular weight is 338 g/mol. The monoisotopic (exact) mass is 338 g/mol. The third-order valence-corrected chi connectivity index (χ3v) is 3.65. The van der Waals surface area contributed by atoms with Gasteiger partial charge in [-0.15, -0.1) is 0 Å². The van der Waals surface area contributed by atoms with Crippen molar-refractivity contribution < 1.29 is 14.3 Å². The number of nitrogens with one attached hydrogen (secondary N) is 2. The lowest BCUT2D eigenvalue weighted by Crippen LogP contribution is -2.12. The Bertz CT molecular complexity index is 797. The topological polar surface area (TPSA) is 67.4 Å². The van der Waals surface area contributed by atoms with Gasteiger partial charge in [-0.25, -0.2) is 0 Å². The molecule has 2 N–H and O–H groups in total. The molecule has 2 rings (SSSR count). The zero-order chi connectivity index (χ0) is 18.2. The molecule has 0 aliphatic rings.